The molecule has 7 heteroatoms. The molecule has 1 aromatic carbocycles. The first-order chi connectivity index (χ1) is 11.2. The molecule has 120 valence electrons. The Morgan fingerprint density at radius 3 is 2.87 bits per heavy atom. The number of benzene rings is 1. The smallest absolute Gasteiger partial charge is 0.407 e. The van der Waals surface area contributed by atoms with Crippen LogP contribution in [0.5, 0.6) is 0 Å². The van der Waals surface area contributed by atoms with Crippen LogP contribution in [0.1, 0.15) is 16.1 Å². The Morgan fingerprint density at radius 1 is 1.30 bits per heavy atom. The van der Waals surface area contributed by atoms with Crippen molar-refractivity contribution in [1.29, 1.82) is 0 Å². The number of cyclic esters (lactones) is 1. The molecule has 6 nitrogen and oxygen atoms in total. The third kappa shape index (κ3) is 4.07. The fourth-order valence-electron chi connectivity index (χ4n) is 2.07. The van der Waals surface area contributed by atoms with Crippen LogP contribution < -0.4 is 5.32 Å². The first kappa shape index (κ1) is 15.5. The number of carbonyl (C=O) groups is 2. The molecule has 2 aromatic rings. The summed E-state index contributed by atoms with van der Waals surface area (Å²) < 4.78 is 15.3. The van der Waals surface area contributed by atoms with Crippen LogP contribution in [-0.4, -0.2) is 31.3 Å². The van der Waals surface area contributed by atoms with Crippen molar-refractivity contribution in [3.63, 3.8) is 0 Å². The third-order valence-corrected chi connectivity index (χ3v) is 4.28. The van der Waals surface area contributed by atoms with Crippen LogP contribution in [0, 0.1) is 0 Å². The Morgan fingerprint density at radius 2 is 2.13 bits per heavy atom. The highest BCUT2D eigenvalue weighted by Gasteiger charge is 2.25. The molecule has 0 spiro atoms. The minimum Gasteiger partial charge on any atom is -0.457 e. The Kier molecular flexibility index (Phi) is 4.87. The Labute approximate surface area is 137 Å². The van der Waals surface area contributed by atoms with Crippen molar-refractivity contribution in [2.24, 2.45) is 0 Å². The molecular weight excluding hydrogens is 318 g/mol. The number of nitrogens with one attached hydrogen (secondary N) is 1. The number of carbonyl (C=O) groups excluding carboxylic acids is 2. The number of thioether (sulfide) groups is 1. The average Bonchev–Trinajstić information content (AvgIpc) is 3.20. The van der Waals surface area contributed by atoms with E-state index in [1.165, 1.54) is 6.26 Å². The van der Waals surface area contributed by atoms with Crippen LogP contribution in [0.4, 0.5) is 4.79 Å². The largest absolute Gasteiger partial charge is 0.457 e. The Hall–Kier alpha value is -2.41. The van der Waals surface area contributed by atoms with Crippen LogP contribution in [0.2, 0.25) is 0 Å². The van der Waals surface area contributed by atoms with Gasteiger partial charge in [0.25, 0.3) is 0 Å². The standard InChI is InChI=1S/C16H15NO5S/c18-15(21-9-12-8-17-16(19)22-12)14-11(6-7-20-14)10-23-13-4-2-1-3-5-13/h1-7,12H,8-10H2,(H,17,19)/t12-/m0/s1. The quantitative estimate of drug-likeness (QED) is 0.647. The Balaban J connectivity index is 1.54. The maximum Gasteiger partial charge on any atom is 0.407 e. The van der Waals surface area contributed by atoms with E-state index in [0.29, 0.717) is 12.3 Å². The molecule has 1 amide bonds. The second-order valence-electron chi connectivity index (χ2n) is 4.88. The first-order valence-electron chi connectivity index (χ1n) is 7.08. The normalized spacial score (nSPS) is 16.7. The molecule has 0 bridgehead atoms. The average molecular weight is 333 g/mol. The second kappa shape index (κ2) is 7.23. The number of ether oxygens (including phenoxy) is 2. The van der Waals surface area contributed by atoms with E-state index in [9.17, 15) is 9.59 Å². The predicted octanol–water partition coefficient (Wildman–Crippen LogP) is 2.84. The summed E-state index contributed by atoms with van der Waals surface area (Å²) >= 11 is 1.61. The molecule has 0 radical (unpaired) electrons. The van der Waals surface area contributed by atoms with Crippen molar-refractivity contribution < 1.29 is 23.5 Å². The van der Waals surface area contributed by atoms with Gasteiger partial charge < -0.3 is 19.2 Å². The van der Waals surface area contributed by atoms with Crippen molar-refractivity contribution in [2.45, 2.75) is 16.8 Å². The van der Waals surface area contributed by atoms with Gasteiger partial charge in [-0.05, 0) is 18.2 Å². The number of rotatable bonds is 6. The van der Waals surface area contributed by atoms with Gasteiger partial charge in [-0.2, -0.15) is 0 Å². The monoisotopic (exact) mass is 333 g/mol. The van der Waals surface area contributed by atoms with Crippen molar-refractivity contribution >= 4 is 23.8 Å². The zero-order valence-electron chi connectivity index (χ0n) is 12.2. The molecule has 1 aliphatic rings. The van der Waals surface area contributed by atoms with Crippen LogP contribution in [-0.2, 0) is 15.2 Å². The van der Waals surface area contributed by atoms with E-state index in [4.69, 9.17) is 13.9 Å². The van der Waals surface area contributed by atoms with Gasteiger partial charge in [0.05, 0.1) is 12.8 Å². The molecular formula is C16H15NO5S. The molecule has 1 aliphatic heterocycles. The first-order valence-corrected chi connectivity index (χ1v) is 8.07. The minimum atomic E-state index is -0.554. The van der Waals surface area contributed by atoms with Gasteiger partial charge in [-0.15, -0.1) is 11.8 Å². The van der Waals surface area contributed by atoms with Crippen molar-refractivity contribution in [3.8, 4) is 0 Å². The molecule has 1 fully saturated rings. The van der Waals surface area contributed by atoms with Crippen molar-refractivity contribution in [3.05, 3.63) is 54.0 Å². The zero-order valence-corrected chi connectivity index (χ0v) is 13.0. The number of amides is 1. The molecule has 3 rings (SSSR count). The molecule has 2 heterocycles. The van der Waals surface area contributed by atoms with Gasteiger partial charge in [0.2, 0.25) is 5.76 Å². The highest BCUT2D eigenvalue weighted by Crippen LogP contribution is 2.25. The molecule has 0 unspecified atom stereocenters. The minimum absolute atomic E-state index is 0.00351. The summed E-state index contributed by atoms with van der Waals surface area (Å²) in [4.78, 5) is 24.1. The summed E-state index contributed by atoms with van der Waals surface area (Å²) in [6.07, 6.45) is 0.516. The molecule has 1 atom stereocenters. The van der Waals surface area contributed by atoms with Gasteiger partial charge in [0.1, 0.15) is 6.61 Å². The maximum absolute atomic E-state index is 12.1. The topological polar surface area (TPSA) is 77.8 Å². The third-order valence-electron chi connectivity index (χ3n) is 3.22. The second-order valence-corrected chi connectivity index (χ2v) is 5.93. The van der Waals surface area contributed by atoms with Gasteiger partial charge in [-0.25, -0.2) is 9.59 Å². The van der Waals surface area contributed by atoms with E-state index in [1.807, 2.05) is 30.3 Å². The summed E-state index contributed by atoms with van der Waals surface area (Å²) in [5.41, 5.74) is 0.769. The van der Waals surface area contributed by atoms with E-state index in [-0.39, 0.29) is 12.4 Å². The molecule has 1 saturated heterocycles. The lowest BCUT2D eigenvalue weighted by Gasteiger charge is -2.08. The SMILES string of the molecule is O=C1NC[C@@H](COC(=O)c2occc2CSc2ccccc2)O1. The highest BCUT2D eigenvalue weighted by molar-refractivity contribution is 7.98. The van der Waals surface area contributed by atoms with Crippen LogP contribution in [0.15, 0.2) is 52.0 Å². The number of esters is 1. The predicted molar refractivity (Wildman–Crippen MR) is 83.3 cm³/mol. The van der Waals surface area contributed by atoms with E-state index in [2.05, 4.69) is 5.32 Å². The summed E-state index contributed by atoms with van der Waals surface area (Å²) in [6.45, 7) is 0.338. The van der Waals surface area contributed by atoms with Gasteiger partial charge >= 0.3 is 12.1 Å². The van der Waals surface area contributed by atoms with Gasteiger partial charge in [-0.3, -0.25) is 0 Å². The summed E-state index contributed by atoms with van der Waals surface area (Å²) in [5, 5.41) is 2.50. The van der Waals surface area contributed by atoms with E-state index in [1.54, 1.807) is 17.8 Å². The van der Waals surface area contributed by atoms with Crippen LogP contribution >= 0.6 is 11.8 Å². The molecule has 0 saturated carbocycles. The van der Waals surface area contributed by atoms with E-state index < -0.39 is 18.2 Å². The Bertz CT molecular complexity index is 685. The lowest BCUT2D eigenvalue weighted by atomic mass is 10.3. The molecule has 1 aromatic heterocycles. The number of furan rings is 1. The highest BCUT2D eigenvalue weighted by atomic mass is 32.2. The maximum atomic E-state index is 12.1. The number of alkyl carbamates (subject to hydrolysis) is 1. The van der Waals surface area contributed by atoms with Crippen LogP contribution in [0.25, 0.3) is 0 Å². The number of hydrogen-bond donors (Lipinski definition) is 1. The molecule has 0 aliphatic carbocycles. The summed E-state index contributed by atoms with van der Waals surface area (Å²) in [5.74, 6) is 0.234. The lowest BCUT2D eigenvalue weighted by Crippen LogP contribution is -2.22. The summed E-state index contributed by atoms with van der Waals surface area (Å²) in [7, 11) is 0. The number of hydrogen-bond acceptors (Lipinski definition) is 6. The fourth-order valence-corrected chi connectivity index (χ4v) is 2.96. The van der Waals surface area contributed by atoms with Crippen molar-refractivity contribution in [2.75, 3.05) is 13.2 Å². The summed E-state index contributed by atoms with van der Waals surface area (Å²) in [6, 6.07) is 11.6. The van der Waals surface area contributed by atoms with Crippen LogP contribution in [0.3, 0.4) is 0 Å². The van der Waals surface area contributed by atoms with E-state index in [0.717, 1.165) is 10.5 Å². The van der Waals surface area contributed by atoms with Crippen molar-refractivity contribution in [1.82, 2.24) is 5.32 Å². The van der Waals surface area contributed by atoms with Gasteiger partial charge in [-0.1, -0.05) is 18.2 Å². The lowest BCUT2D eigenvalue weighted by molar-refractivity contribution is 0.0268. The zero-order chi connectivity index (χ0) is 16.1. The van der Waals surface area contributed by atoms with Gasteiger partial charge in [0.15, 0.2) is 6.10 Å². The molecule has 23 heavy (non-hydrogen) atoms. The van der Waals surface area contributed by atoms with Gasteiger partial charge in [0, 0.05) is 16.2 Å². The van der Waals surface area contributed by atoms with E-state index >= 15 is 0 Å². The molecule has 1 N–H and O–H groups in total. The fraction of sp³-hybridized carbons (Fsp3) is 0.250.